The number of ether oxygens (including phenoxy) is 1. The molecule has 2 nitrogen and oxygen atoms in total. The first-order chi connectivity index (χ1) is 9.29. The van der Waals surface area contributed by atoms with Gasteiger partial charge in [-0.05, 0) is 37.6 Å². The van der Waals surface area contributed by atoms with Gasteiger partial charge in [-0.2, -0.15) is 13.2 Å². The summed E-state index contributed by atoms with van der Waals surface area (Å²) in [6, 6.07) is 2.79. The van der Waals surface area contributed by atoms with Gasteiger partial charge in [0, 0.05) is 13.2 Å². The molecule has 1 aromatic carbocycles. The molecule has 1 N–H and O–H groups in total. The monoisotopic (exact) mass is 293 g/mol. The number of hydrogen-bond acceptors (Lipinski definition) is 2. The van der Waals surface area contributed by atoms with Gasteiger partial charge in [0.05, 0.1) is 11.7 Å². The van der Waals surface area contributed by atoms with Gasteiger partial charge in [-0.15, -0.1) is 0 Å². The quantitative estimate of drug-likeness (QED) is 0.803. The second-order valence-corrected chi connectivity index (χ2v) is 4.63. The van der Waals surface area contributed by atoms with Crippen molar-refractivity contribution in [3.63, 3.8) is 0 Å². The van der Waals surface area contributed by atoms with Crippen molar-refractivity contribution in [2.24, 2.45) is 0 Å². The van der Waals surface area contributed by atoms with Gasteiger partial charge >= 0.3 is 6.18 Å². The van der Waals surface area contributed by atoms with Crippen LogP contribution in [0.3, 0.4) is 0 Å². The highest BCUT2D eigenvalue weighted by atomic mass is 19.4. The van der Waals surface area contributed by atoms with E-state index in [4.69, 9.17) is 4.74 Å². The van der Waals surface area contributed by atoms with E-state index in [2.05, 4.69) is 5.32 Å². The first-order valence-electron chi connectivity index (χ1n) is 6.42. The van der Waals surface area contributed by atoms with Crippen molar-refractivity contribution in [1.82, 2.24) is 5.32 Å². The van der Waals surface area contributed by atoms with Crippen LogP contribution < -0.4 is 5.32 Å². The van der Waals surface area contributed by atoms with E-state index in [9.17, 15) is 17.6 Å². The van der Waals surface area contributed by atoms with Crippen molar-refractivity contribution < 1.29 is 22.3 Å². The fraction of sp³-hybridized carbons (Fsp3) is 0.571. The van der Waals surface area contributed by atoms with Gasteiger partial charge in [-0.3, -0.25) is 0 Å². The van der Waals surface area contributed by atoms with Gasteiger partial charge < -0.3 is 10.1 Å². The lowest BCUT2D eigenvalue weighted by Gasteiger charge is -2.22. The Bertz CT molecular complexity index is 434. The lowest BCUT2D eigenvalue weighted by atomic mass is 9.99. The van der Waals surface area contributed by atoms with Crippen molar-refractivity contribution >= 4 is 0 Å². The minimum Gasteiger partial charge on any atom is -0.382 e. The van der Waals surface area contributed by atoms with Crippen molar-refractivity contribution in [1.29, 1.82) is 0 Å². The maximum absolute atomic E-state index is 13.6. The second-order valence-electron chi connectivity index (χ2n) is 4.63. The number of rotatable bonds is 6. The molecule has 0 saturated carbocycles. The van der Waals surface area contributed by atoms with E-state index in [0.29, 0.717) is 18.5 Å². The summed E-state index contributed by atoms with van der Waals surface area (Å²) in [6.07, 6.45) is -4.20. The fourth-order valence-electron chi connectivity index (χ4n) is 1.99. The summed E-state index contributed by atoms with van der Waals surface area (Å²) in [5.41, 5.74) is -0.752. The van der Waals surface area contributed by atoms with Gasteiger partial charge in [-0.1, -0.05) is 13.0 Å². The smallest absolute Gasteiger partial charge is 0.382 e. The van der Waals surface area contributed by atoms with Gasteiger partial charge in [-0.25, -0.2) is 4.39 Å². The third kappa shape index (κ3) is 4.45. The van der Waals surface area contributed by atoms with Crippen LogP contribution in [0.4, 0.5) is 17.6 Å². The number of alkyl halides is 3. The number of benzene rings is 1. The summed E-state index contributed by atoms with van der Waals surface area (Å²) in [7, 11) is 1.56. The summed E-state index contributed by atoms with van der Waals surface area (Å²) in [5, 5.41) is 3.12. The first kappa shape index (κ1) is 16.9. The Labute approximate surface area is 116 Å². The molecule has 0 radical (unpaired) electrons. The van der Waals surface area contributed by atoms with Crippen LogP contribution >= 0.6 is 0 Å². The van der Waals surface area contributed by atoms with E-state index in [-0.39, 0.29) is 12.1 Å². The number of halogens is 4. The topological polar surface area (TPSA) is 21.3 Å². The SMILES string of the molecule is CCNC(CC(C)OC)c1ccc(C(F)(F)F)c(F)c1. The summed E-state index contributed by atoms with van der Waals surface area (Å²) in [5.74, 6) is -1.25. The van der Waals surface area contributed by atoms with Crippen molar-refractivity contribution in [2.45, 2.75) is 38.6 Å². The Kier molecular flexibility index (Phi) is 5.95. The maximum Gasteiger partial charge on any atom is 0.419 e. The molecular formula is C14H19F4NO. The predicted molar refractivity (Wildman–Crippen MR) is 68.9 cm³/mol. The summed E-state index contributed by atoms with van der Waals surface area (Å²) in [4.78, 5) is 0. The Balaban J connectivity index is 3.00. The Morgan fingerprint density at radius 1 is 1.30 bits per heavy atom. The van der Waals surface area contributed by atoms with Crippen LogP contribution in [0, 0.1) is 5.82 Å². The van der Waals surface area contributed by atoms with Crippen LogP contribution in [-0.4, -0.2) is 19.8 Å². The molecule has 2 unspecified atom stereocenters. The molecule has 0 spiro atoms. The molecule has 2 atom stereocenters. The minimum atomic E-state index is -4.67. The highest BCUT2D eigenvalue weighted by Crippen LogP contribution is 2.33. The van der Waals surface area contributed by atoms with Gasteiger partial charge in [0.1, 0.15) is 5.82 Å². The van der Waals surface area contributed by atoms with Crippen LogP contribution in [0.1, 0.15) is 37.4 Å². The molecular weight excluding hydrogens is 274 g/mol. The molecule has 0 aromatic heterocycles. The van der Waals surface area contributed by atoms with Gasteiger partial charge in [0.25, 0.3) is 0 Å². The Morgan fingerprint density at radius 2 is 1.95 bits per heavy atom. The molecule has 0 saturated heterocycles. The van der Waals surface area contributed by atoms with E-state index in [1.165, 1.54) is 6.07 Å². The molecule has 1 aromatic rings. The van der Waals surface area contributed by atoms with Crippen LogP contribution in [0.2, 0.25) is 0 Å². The van der Waals surface area contributed by atoms with E-state index >= 15 is 0 Å². The Hall–Kier alpha value is -1.14. The molecule has 0 aliphatic rings. The first-order valence-corrected chi connectivity index (χ1v) is 6.42. The van der Waals surface area contributed by atoms with Crippen LogP contribution in [-0.2, 0) is 10.9 Å². The molecule has 0 amide bonds. The fourth-order valence-corrected chi connectivity index (χ4v) is 1.99. The largest absolute Gasteiger partial charge is 0.419 e. The zero-order chi connectivity index (χ0) is 15.3. The normalized spacial score (nSPS) is 15.2. The molecule has 0 aliphatic carbocycles. The maximum atomic E-state index is 13.6. The van der Waals surface area contributed by atoms with E-state index in [1.54, 1.807) is 7.11 Å². The van der Waals surface area contributed by atoms with Crippen molar-refractivity contribution in [3.8, 4) is 0 Å². The van der Waals surface area contributed by atoms with Crippen LogP contribution in [0.5, 0.6) is 0 Å². The molecule has 0 heterocycles. The molecule has 0 bridgehead atoms. The van der Waals surface area contributed by atoms with Crippen molar-refractivity contribution in [3.05, 3.63) is 35.1 Å². The number of hydrogen-bond donors (Lipinski definition) is 1. The molecule has 1 rings (SSSR count). The van der Waals surface area contributed by atoms with Crippen molar-refractivity contribution in [2.75, 3.05) is 13.7 Å². The molecule has 0 aliphatic heterocycles. The minimum absolute atomic E-state index is 0.0793. The highest BCUT2D eigenvalue weighted by molar-refractivity contribution is 5.28. The standard InChI is InChI=1S/C14H19F4NO/c1-4-19-13(7-9(2)20-3)10-5-6-11(12(15)8-10)14(16,17)18/h5-6,8-9,13,19H,4,7H2,1-3H3. The highest BCUT2D eigenvalue weighted by Gasteiger charge is 2.34. The number of methoxy groups -OCH3 is 1. The summed E-state index contributed by atoms with van der Waals surface area (Å²) < 4.78 is 56.3. The zero-order valence-corrected chi connectivity index (χ0v) is 11.7. The lowest BCUT2D eigenvalue weighted by Crippen LogP contribution is -2.25. The predicted octanol–water partition coefficient (Wildman–Crippen LogP) is 3.92. The molecule has 114 valence electrons. The van der Waals surface area contributed by atoms with Gasteiger partial charge in [0.2, 0.25) is 0 Å². The lowest BCUT2D eigenvalue weighted by molar-refractivity contribution is -0.140. The van der Waals surface area contributed by atoms with Crippen LogP contribution in [0.25, 0.3) is 0 Å². The van der Waals surface area contributed by atoms with E-state index < -0.39 is 17.6 Å². The molecule has 6 heteroatoms. The average Bonchev–Trinajstić information content (AvgIpc) is 2.36. The third-order valence-corrected chi connectivity index (χ3v) is 3.12. The zero-order valence-electron chi connectivity index (χ0n) is 11.7. The number of nitrogens with one attached hydrogen (secondary N) is 1. The van der Waals surface area contributed by atoms with E-state index in [0.717, 1.165) is 12.1 Å². The summed E-state index contributed by atoms with van der Waals surface area (Å²) in [6.45, 7) is 4.36. The average molecular weight is 293 g/mol. The Morgan fingerprint density at radius 3 is 2.40 bits per heavy atom. The molecule has 20 heavy (non-hydrogen) atoms. The van der Waals surface area contributed by atoms with Gasteiger partial charge in [0.15, 0.2) is 0 Å². The summed E-state index contributed by atoms with van der Waals surface area (Å²) >= 11 is 0. The van der Waals surface area contributed by atoms with Crippen LogP contribution in [0.15, 0.2) is 18.2 Å². The molecule has 0 fully saturated rings. The van der Waals surface area contributed by atoms with E-state index in [1.807, 2.05) is 13.8 Å². The third-order valence-electron chi connectivity index (χ3n) is 3.12. The second kappa shape index (κ2) is 7.04.